The number of nitrogen functional groups attached to an aromatic ring is 1. The average Bonchev–Trinajstić information content (AvgIpc) is 2.28. The fourth-order valence-corrected chi connectivity index (χ4v) is 1.42. The lowest BCUT2D eigenvalue weighted by atomic mass is 10.1. The molecule has 1 amide bonds. The molecule has 0 aliphatic carbocycles. The van der Waals surface area contributed by atoms with E-state index >= 15 is 0 Å². The van der Waals surface area contributed by atoms with Crippen LogP contribution in [-0.4, -0.2) is 23.7 Å². The number of anilines is 1. The normalized spacial score (nSPS) is 12.2. The van der Waals surface area contributed by atoms with Gasteiger partial charge in [0.1, 0.15) is 0 Å². The fourth-order valence-electron chi connectivity index (χ4n) is 1.42. The maximum Gasteiger partial charge on any atom is 0.251 e. The summed E-state index contributed by atoms with van der Waals surface area (Å²) in [6.45, 7) is 3.71. The Balaban J connectivity index is 2.83. The zero-order valence-corrected chi connectivity index (χ0v) is 9.66. The first-order valence-corrected chi connectivity index (χ1v) is 5.36. The van der Waals surface area contributed by atoms with Gasteiger partial charge in [-0.05, 0) is 31.0 Å². The Bertz CT molecular complexity index is 373. The molecule has 0 spiro atoms. The van der Waals surface area contributed by atoms with E-state index in [2.05, 4.69) is 5.32 Å². The molecule has 88 valence electrons. The molecule has 0 aromatic heterocycles. The Morgan fingerprint density at radius 1 is 1.56 bits per heavy atom. The van der Waals surface area contributed by atoms with Crippen molar-refractivity contribution in [2.75, 3.05) is 12.3 Å². The molecule has 1 rings (SSSR count). The number of nitrogens with one attached hydrogen (secondary N) is 1. The van der Waals surface area contributed by atoms with Gasteiger partial charge < -0.3 is 16.2 Å². The van der Waals surface area contributed by atoms with E-state index in [1.807, 2.05) is 19.9 Å². The van der Waals surface area contributed by atoms with Crippen LogP contribution in [0, 0.1) is 6.92 Å². The molecule has 0 fully saturated rings. The van der Waals surface area contributed by atoms with E-state index in [0.717, 1.165) is 5.56 Å². The number of hydrogen-bond donors (Lipinski definition) is 3. The van der Waals surface area contributed by atoms with Gasteiger partial charge in [0, 0.05) is 11.3 Å². The highest BCUT2D eigenvalue weighted by Crippen LogP contribution is 2.12. The first kappa shape index (κ1) is 12.5. The maximum absolute atomic E-state index is 11.9. The standard InChI is InChI=1S/C12H18N2O2/c1-3-10(7-15)14-12(16)11-6-9(13)5-4-8(11)2/h4-6,10,15H,3,7,13H2,1-2H3,(H,14,16)/t10-/m1/s1. The van der Waals surface area contributed by atoms with Crippen LogP contribution < -0.4 is 11.1 Å². The van der Waals surface area contributed by atoms with E-state index < -0.39 is 0 Å². The molecule has 4 heteroatoms. The minimum Gasteiger partial charge on any atom is -0.399 e. The topological polar surface area (TPSA) is 75.3 Å². The van der Waals surface area contributed by atoms with Crippen LogP contribution in [0.2, 0.25) is 0 Å². The lowest BCUT2D eigenvalue weighted by Gasteiger charge is -2.15. The Kier molecular flexibility index (Phi) is 4.31. The largest absolute Gasteiger partial charge is 0.399 e. The van der Waals surface area contributed by atoms with Gasteiger partial charge >= 0.3 is 0 Å². The zero-order chi connectivity index (χ0) is 12.1. The van der Waals surface area contributed by atoms with Gasteiger partial charge in [-0.3, -0.25) is 4.79 Å². The SMILES string of the molecule is CC[C@H](CO)NC(=O)c1cc(N)ccc1C. The molecular formula is C12H18N2O2. The molecule has 0 unspecified atom stereocenters. The Morgan fingerprint density at radius 3 is 2.81 bits per heavy atom. The number of carbonyl (C=O) groups is 1. The molecular weight excluding hydrogens is 204 g/mol. The molecule has 0 bridgehead atoms. The summed E-state index contributed by atoms with van der Waals surface area (Å²) in [6, 6.07) is 5.02. The number of carbonyl (C=O) groups excluding carboxylic acids is 1. The van der Waals surface area contributed by atoms with Crippen LogP contribution in [-0.2, 0) is 0 Å². The van der Waals surface area contributed by atoms with Gasteiger partial charge in [0.15, 0.2) is 0 Å². The molecule has 1 aromatic rings. The molecule has 1 atom stereocenters. The summed E-state index contributed by atoms with van der Waals surface area (Å²) in [5.41, 5.74) is 7.63. The van der Waals surface area contributed by atoms with E-state index in [1.165, 1.54) is 0 Å². The fraction of sp³-hybridized carbons (Fsp3) is 0.417. The molecule has 0 saturated carbocycles. The minimum absolute atomic E-state index is 0.0520. The quantitative estimate of drug-likeness (QED) is 0.667. The van der Waals surface area contributed by atoms with Crippen LogP contribution in [0.4, 0.5) is 5.69 Å². The van der Waals surface area contributed by atoms with E-state index in [1.54, 1.807) is 12.1 Å². The van der Waals surface area contributed by atoms with E-state index in [-0.39, 0.29) is 18.6 Å². The first-order chi connectivity index (χ1) is 7.58. The Morgan fingerprint density at radius 2 is 2.25 bits per heavy atom. The Hall–Kier alpha value is -1.55. The van der Waals surface area contributed by atoms with Gasteiger partial charge in [-0.25, -0.2) is 0 Å². The minimum atomic E-state index is -0.201. The van der Waals surface area contributed by atoms with Gasteiger partial charge in [-0.2, -0.15) is 0 Å². The van der Waals surface area contributed by atoms with Crippen LogP contribution in [0.1, 0.15) is 29.3 Å². The second-order valence-electron chi connectivity index (χ2n) is 3.84. The van der Waals surface area contributed by atoms with E-state index in [4.69, 9.17) is 10.8 Å². The Labute approximate surface area is 95.5 Å². The van der Waals surface area contributed by atoms with Crippen molar-refractivity contribution in [1.82, 2.24) is 5.32 Å². The number of benzene rings is 1. The molecule has 0 aliphatic rings. The number of aliphatic hydroxyl groups is 1. The lowest BCUT2D eigenvalue weighted by Crippen LogP contribution is -2.37. The molecule has 0 heterocycles. The third kappa shape index (κ3) is 2.97. The molecule has 0 radical (unpaired) electrons. The van der Waals surface area contributed by atoms with Crippen molar-refractivity contribution in [2.45, 2.75) is 26.3 Å². The molecule has 1 aromatic carbocycles. The first-order valence-electron chi connectivity index (χ1n) is 5.36. The third-order valence-corrected chi connectivity index (χ3v) is 2.55. The number of nitrogens with two attached hydrogens (primary N) is 1. The van der Waals surface area contributed by atoms with Crippen molar-refractivity contribution < 1.29 is 9.90 Å². The van der Waals surface area contributed by atoms with Gasteiger partial charge in [-0.15, -0.1) is 0 Å². The predicted octanol–water partition coefficient (Wildman–Crippen LogP) is 1.08. The van der Waals surface area contributed by atoms with Crippen LogP contribution in [0.3, 0.4) is 0 Å². The molecule has 0 aliphatic heterocycles. The lowest BCUT2D eigenvalue weighted by molar-refractivity contribution is 0.0914. The van der Waals surface area contributed by atoms with Crippen LogP contribution in [0.5, 0.6) is 0 Å². The number of hydrogen-bond acceptors (Lipinski definition) is 3. The second-order valence-corrected chi connectivity index (χ2v) is 3.84. The third-order valence-electron chi connectivity index (χ3n) is 2.55. The van der Waals surface area contributed by atoms with Crippen LogP contribution in [0.25, 0.3) is 0 Å². The number of aryl methyl sites for hydroxylation is 1. The number of rotatable bonds is 4. The monoisotopic (exact) mass is 222 g/mol. The summed E-state index contributed by atoms with van der Waals surface area (Å²) >= 11 is 0. The predicted molar refractivity (Wildman–Crippen MR) is 64.2 cm³/mol. The summed E-state index contributed by atoms with van der Waals surface area (Å²) < 4.78 is 0. The summed E-state index contributed by atoms with van der Waals surface area (Å²) in [7, 11) is 0. The zero-order valence-electron chi connectivity index (χ0n) is 9.66. The molecule has 4 nitrogen and oxygen atoms in total. The highest BCUT2D eigenvalue weighted by molar-refractivity contribution is 5.96. The van der Waals surface area contributed by atoms with Crippen molar-refractivity contribution in [3.63, 3.8) is 0 Å². The van der Waals surface area contributed by atoms with E-state index in [0.29, 0.717) is 17.7 Å². The molecule has 4 N–H and O–H groups in total. The summed E-state index contributed by atoms with van der Waals surface area (Å²) in [4.78, 5) is 11.9. The van der Waals surface area contributed by atoms with Gasteiger partial charge in [0.05, 0.1) is 12.6 Å². The van der Waals surface area contributed by atoms with Gasteiger partial charge in [-0.1, -0.05) is 13.0 Å². The molecule has 0 saturated heterocycles. The van der Waals surface area contributed by atoms with Crippen LogP contribution >= 0.6 is 0 Å². The highest BCUT2D eigenvalue weighted by atomic mass is 16.3. The smallest absolute Gasteiger partial charge is 0.251 e. The van der Waals surface area contributed by atoms with Crippen molar-refractivity contribution in [2.24, 2.45) is 0 Å². The highest BCUT2D eigenvalue weighted by Gasteiger charge is 2.13. The van der Waals surface area contributed by atoms with Crippen LogP contribution in [0.15, 0.2) is 18.2 Å². The second kappa shape index (κ2) is 5.51. The average molecular weight is 222 g/mol. The van der Waals surface area contributed by atoms with Crippen molar-refractivity contribution in [3.8, 4) is 0 Å². The summed E-state index contributed by atoms with van der Waals surface area (Å²) in [6.07, 6.45) is 0.698. The van der Waals surface area contributed by atoms with Crippen molar-refractivity contribution in [3.05, 3.63) is 29.3 Å². The van der Waals surface area contributed by atoms with Crippen molar-refractivity contribution in [1.29, 1.82) is 0 Å². The number of amides is 1. The summed E-state index contributed by atoms with van der Waals surface area (Å²) in [5, 5.41) is 11.8. The van der Waals surface area contributed by atoms with Crippen molar-refractivity contribution >= 4 is 11.6 Å². The molecule has 16 heavy (non-hydrogen) atoms. The van der Waals surface area contributed by atoms with Gasteiger partial charge in [0.2, 0.25) is 0 Å². The maximum atomic E-state index is 11.9. The van der Waals surface area contributed by atoms with E-state index in [9.17, 15) is 4.79 Å². The summed E-state index contributed by atoms with van der Waals surface area (Å²) in [5.74, 6) is -0.189. The number of aliphatic hydroxyl groups excluding tert-OH is 1. The van der Waals surface area contributed by atoms with Gasteiger partial charge in [0.25, 0.3) is 5.91 Å².